The van der Waals surface area contributed by atoms with Crippen LogP contribution in [0.5, 0.6) is 0 Å². The molecule has 0 N–H and O–H groups in total. The Hall–Kier alpha value is -1.83. The molecule has 2 heterocycles. The minimum atomic E-state index is -3.75. The summed E-state index contributed by atoms with van der Waals surface area (Å²) in [4.78, 5) is 8.98. The van der Waals surface area contributed by atoms with Gasteiger partial charge in [-0.3, -0.25) is 9.97 Å². The van der Waals surface area contributed by atoms with Crippen LogP contribution in [0.4, 0.5) is 0 Å². The van der Waals surface area contributed by atoms with Gasteiger partial charge in [0.2, 0.25) is 9.84 Å². The first-order valence-corrected chi connectivity index (χ1v) is 10.4. The summed E-state index contributed by atoms with van der Waals surface area (Å²) in [6.07, 6.45) is 3.03. The van der Waals surface area contributed by atoms with E-state index in [2.05, 4.69) is 41.8 Å². The molecule has 0 aliphatic heterocycles. The average molecular weight is 478 g/mol. The summed E-state index contributed by atoms with van der Waals surface area (Å²) in [6.45, 7) is 0. The Bertz CT molecular complexity index is 1150. The first kappa shape index (κ1) is 16.6. The lowest BCUT2D eigenvalue weighted by molar-refractivity contribution is 0.597. The summed E-state index contributed by atoms with van der Waals surface area (Å²) in [6, 6.07) is 13.9. The van der Waals surface area contributed by atoms with Crippen molar-refractivity contribution in [3.05, 3.63) is 69.9 Å². The van der Waals surface area contributed by atoms with Crippen molar-refractivity contribution in [1.29, 1.82) is 0 Å². The van der Waals surface area contributed by atoms with Crippen molar-refractivity contribution in [1.82, 2.24) is 9.97 Å². The highest BCUT2D eigenvalue weighted by atomic mass is 79.9. The van der Waals surface area contributed by atoms with Crippen LogP contribution in [-0.2, 0) is 9.84 Å². The van der Waals surface area contributed by atoms with Gasteiger partial charge in [0.15, 0.2) is 0 Å². The number of hydrogen-bond acceptors (Lipinski definition) is 4. The lowest BCUT2D eigenvalue weighted by Crippen LogP contribution is -2.04. The first-order chi connectivity index (χ1) is 12.0. The van der Waals surface area contributed by atoms with E-state index in [1.165, 1.54) is 24.5 Å². The lowest BCUT2D eigenvalue weighted by atomic mass is 10.2. The molecule has 124 valence electrons. The number of halogens is 2. The molecule has 0 saturated heterocycles. The van der Waals surface area contributed by atoms with Gasteiger partial charge >= 0.3 is 0 Å². The van der Waals surface area contributed by atoms with Gasteiger partial charge in [0, 0.05) is 32.1 Å². The summed E-state index contributed by atoms with van der Waals surface area (Å²) in [5, 5.41) is 1.16. The predicted octanol–water partition coefficient (Wildman–Crippen LogP) is 5.14. The first-order valence-electron chi connectivity index (χ1n) is 7.30. The molecule has 4 aromatic rings. The van der Waals surface area contributed by atoms with Gasteiger partial charge in [-0.15, -0.1) is 0 Å². The molecule has 0 spiro atoms. The molecule has 0 radical (unpaired) electrons. The van der Waals surface area contributed by atoms with E-state index in [1.807, 2.05) is 12.1 Å². The second-order valence-corrected chi connectivity index (χ2v) is 9.16. The lowest BCUT2D eigenvalue weighted by Gasteiger charge is -2.10. The molecule has 0 saturated carbocycles. The van der Waals surface area contributed by atoms with Crippen LogP contribution in [0.25, 0.3) is 21.8 Å². The van der Waals surface area contributed by atoms with E-state index in [1.54, 1.807) is 24.3 Å². The summed E-state index contributed by atoms with van der Waals surface area (Å²) < 4.78 is 28.4. The van der Waals surface area contributed by atoms with E-state index >= 15 is 0 Å². The van der Waals surface area contributed by atoms with E-state index < -0.39 is 9.84 Å². The SMILES string of the molecule is O=S(=O)(c1ccnc2ccc(Br)cc12)c1ccnc2ccc(Br)cc12. The number of rotatable bonds is 2. The van der Waals surface area contributed by atoms with E-state index in [0.29, 0.717) is 21.8 Å². The van der Waals surface area contributed by atoms with Crippen molar-refractivity contribution in [2.24, 2.45) is 0 Å². The number of benzene rings is 2. The molecular formula is C18H10Br2N2O2S. The number of aromatic nitrogens is 2. The Balaban J connectivity index is 2.07. The maximum atomic E-state index is 13.4. The van der Waals surface area contributed by atoms with Crippen LogP contribution in [0.3, 0.4) is 0 Å². The number of nitrogens with zero attached hydrogens (tertiary/aromatic N) is 2. The molecule has 0 unspecified atom stereocenters. The summed E-state index contributed by atoms with van der Waals surface area (Å²) in [5.41, 5.74) is 1.26. The average Bonchev–Trinajstić information content (AvgIpc) is 2.60. The smallest absolute Gasteiger partial charge is 0.208 e. The molecule has 0 aliphatic carbocycles. The molecule has 2 aromatic heterocycles. The Labute approximate surface area is 161 Å². The zero-order chi connectivity index (χ0) is 17.6. The van der Waals surface area contributed by atoms with Gasteiger partial charge in [-0.1, -0.05) is 31.9 Å². The second kappa shape index (κ2) is 6.16. The fraction of sp³-hybridized carbons (Fsp3) is 0. The zero-order valence-corrected chi connectivity index (χ0v) is 16.6. The van der Waals surface area contributed by atoms with Crippen LogP contribution in [0.15, 0.2) is 79.7 Å². The maximum absolute atomic E-state index is 13.4. The van der Waals surface area contributed by atoms with E-state index in [9.17, 15) is 8.42 Å². The number of hydrogen-bond donors (Lipinski definition) is 0. The molecule has 25 heavy (non-hydrogen) atoms. The largest absolute Gasteiger partial charge is 0.256 e. The van der Waals surface area contributed by atoms with Crippen molar-refractivity contribution in [3.63, 3.8) is 0 Å². The fourth-order valence-corrected chi connectivity index (χ4v) is 5.12. The van der Waals surface area contributed by atoms with Crippen LogP contribution in [0, 0.1) is 0 Å². The van der Waals surface area contributed by atoms with Crippen molar-refractivity contribution >= 4 is 63.5 Å². The Morgan fingerprint density at radius 2 is 1.12 bits per heavy atom. The molecular weight excluding hydrogens is 468 g/mol. The van der Waals surface area contributed by atoms with E-state index in [0.717, 1.165) is 8.95 Å². The third-order valence-corrected chi connectivity index (χ3v) is 6.76. The van der Waals surface area contributed by atoms with E-state index in [-0.39, 0.29) is 9.79 Å². The molecule has 0 bridgehead atoms. The van der Waals surface area contributed by atoms with Crippen LogP contribution >= 0.6 is 31.9 Å². The van der Waals surface area contributed by atoms with E-state index in [4.69, 9.17) is 0 Å². The van der Waals surface area contributed by atoms with Crippen molar-refractivity contribution in [2.45, 2.75) is 9.79 Å². The Kier molecular flexibility index (Phi) is 4.10. The molecule has 4 rings (SSSR count). The van der Waals surface area contributed by atoms with Crippen molar-refractivity contribution in [3.8, 4) is 0 Å². The number of pyridine rings is 2. The third kappa shape index (κ3) is 2.86. The topological polar surface area (TPSA) is 59.9 Å². The van der Waals surface area contributed by atoms with Gasteiger partial charge in [-0.25, -0.2) is 8.42 Å². The van der Waals surface area contributed by atoms with Crippen LogP contribution in [-0.4, -0.2) is 18.4 Å². The van der Waals surface area contributed by atoms with Gasteiger partial charge in [0.25, 0.3) is 0 Å². The predicted molar refractivity (Wildman–Crippen MR) is 104 cm³/mol. The maximum Gasteiger partial charge on any atom is 0.208 e. The Morgan fingerprint density at radius 3 is 1.56 bits per heavy atom. The third-order valence-electron chi connectivity index (χ3n) is 3.91. The number of sulfone groups is 1. The Morgan fingerprint density at radius 1 is 0.680 bits per heavy atom. The monoisotopic (exact) mass is 476 g/mol. The quantitative estimate of drug-likeness (QED) is 0.401. The second-order valence-electron chi connectivity index (χ2n) is 5.44. The standard InChI is InChI=1S/C18H10Br2N2O2S/c19-11-1-3-15-13(9-11)17(5-7-21-15)25(23,24)18-6-8-22-16-4-2-12(20)10-14(16)18/h1-10H. The number of fused-ring (bicyclic) bond motifs is 2. The van der Waals surface area contributed by atoms with Gasteiger partial charge in [-0.05, 0) is 48.5 Å². The zero-order valence-electron chi connectivity index (χ0n) is 12.6. The molecule has 0 atom stereocenters. The summed E-state index contributed by atoms with van der Waals surface area (Å²) >= 11 is 6.80. The molecule has 0 amide bonds. The fourth-order valence-electron chi connectivity index (χ4n) is 2.77. The molecule has 2 aromatic carbocycles. The van der Waals surface area contributed by atoms with Gasteiger partial charge in [0.1, 0.15) is 0 Å². The molecule has 7 heteroatoms. The van der Waals surface area contributed by atoms with Crippen LogP contribution < -0.4 is 0 Å². The van der Waals surface area contributed by atoms with Crippen LogP contribution in [0.1, 0.15) is 0 Å². The highest BCUT2D eigenvalue weighted by Crippen LogP contribution is 2.33. The van der Waals surface area contributed by atoms with Gasteiger partial charge < -0.3 is 0 Å². The van der Waals surface area contributed by atoms with Crippen molar-refractivity contribution in [2.75, 3.05) is 0 Å². The minimum absolute atomic E-state index is 0.228. The normalized spacial score (nSPS) is 11.9. The molecule has 0 fully saturated rings. The van der Waals surface area contributed by atoms with Gasteiger partial charge in [0.05, 0.1) is 20.8 Å². The minimum Gasteiger partial charge on any atom is -0.256 e. The molecule has 4 nitrogen and oxygen atoms in total. The summed E-state index contributed by atoms with van der Waals surface area (Å²) in [7, 11) is -3.75. The summed E-state index contributed by atoms with van der Waals surface area (Å²) in [5.74, 6) is 0. The molecule has 0 aliphatic rings. The highest BCUT2D eigenvalue weighted by Gasteiger charge is 2.23. The van der Waals surface area contributed by atoms with Gasteiger partial charge in [-0.2, -0.15) is 0 Å². The van der Waals surface area contributed by atoms with Crippen molar-refractivity contribution < 1.29 is 8.42 Å². The highest BCUT2D eigenvalue weighted by molar-refractivity contribution is 9.10. The van der Waals surface area contributed by atoms with Crippen LogP contribution in [0.2, 0.25) is 0 Å².